The molecule has 3 rings (SSSR count). The average Bonchev–Trinajstić information content (AvgIpc) is 3.13. The third-order valence-corrected chi connectivity index (χ3v) is 5.76. The number of hydrogen-bond donors (Lipinski definition) is 1. The summed E-state index contributed by atoms with van der Waals surface area (Å²) in [6, 6.07) is 12.2. The first-order chi connectivity index (χ1) is 12.6. The van der Waals surface area contributed by atoms with Gasteiger partial charge in [0.2, 0.25) is 5.91 Å². The van der Waals surface area contributed by atoms with Crippen molar-refractivity contribution in [2.24, 2.45) is 0 Å². The number of hydrogen-bond acceptors (Lipinski definition) is 4. The summed E-state index contributed by atoms with van der Waals surface area (Å²) in [7, 11) is 3.21. The van der Waals surface area contributed by atoms with E-state index in [-0.39, 0.29) is 11.2 Å². The molecule has 0 unspecified atom stereocenters. The fraction of sp³-hybridized carbons (Fsp3) is 0.381. The highest BCUT2D eigenvalue weighted by Crippen LogP contribution is 2.30. The van der Waals surface area contributed by atoms with Gasteiger partial charge in [0.05, 0.1) is 19.5 Å². The minimum atomic E-state index is -0.144. The molecule has 0 saturated heterocycles. The predicted molar refractivity (Wildman–Crippen MR) is 105 cm³/mol. The summed E-state index contributed by atoms with van der Waals surface area (Å²) >= 11 is 1.61. The molecule has 0 spiro atoms. The molecule has 2 aromatic carbocycles. The van der Waals surface area contributed by atoms with Gasteiger partial charge < -0.3 is 14.8 Å². The van der Waals surface area contributed by atoms with Gasteiger partial charge in [-0.2, -0.15) is 0 Å². The Balaban J connectivity index is 1.56. The number of nitrogens with one attached hydrogen (secondary N) is 1. The highest BCUT2D eigenvalue weighted by molar-refractivity contribution is 8.00. The molecule has 26 heavy (non-hydrogen) atoms. The lowest BCUT2D eigenvalue weighted by Crippen LogP contribution is -2.30. The number of carbonyl (C=O) groups is 1. The number of fused-ring (bicyclic) bond motifs is 1. The third kappa shape index (κ3) is 4.33. The topological polar surface area (TPSA) is 47.6 Å². The van der Waals surface area contributed by atoms with Gasteiger partial charge >= 0.3 is 0 Å². The molecule has 0 heterocycles. The van der Waals surface area contributed by atoms with Gasteiger partial charge in [-0.1, -0.05) is 12.1 Å². The summed E-state index contributed by atoms with van der Waals surface area (Å²) < 4.78 is 10.5. The number of methoxy groups -OCH3 is 2. The first kappa shape index (κ1) is 18.6. The standard InChI is InChI=1S/C21H25NO3S/c1-14(26-18-9-8-16-5-4-6-17(16)12-18)21(23)22-13-15-7-10-19(24-2)20(11-15)25-3/h7-12,14H,4-6,13H2,1-3H3,(H,22,23)/t14-/m1/s1. The molecule has 1 amide bonds. The molecular formula is C21H25NO3S. The van der Waals surface area contributed by atoms with Crippen molar-refractivity contribution in [3.63, 3.8) is 0 Å². The van der Waals surface area contributed by atoms with Gasteiger partial charge in [0.15, 0.2) is 11.5 Å². The fourth-order valence-corrected chi connectivity index (χ4v) is 4.16. The number of thioether (sulfide) groups is 1. The van der Waals surface area contributed by atoms with Crippen LogP contribution < -0.4 is 14.8 Å². The van der Waals surface area contributed by atoms with Crippen molar-refractivity contribution in [3.8, 4) is 11.5 Å². The van der Waals surface area contributed by atoms with E-state index in [1.165, 1.54) is 28.9 Å². The molecule has 0 saturated carbocycles. The van der Waals surface area contributed by atoms with Crippen LogP contribution in [-0.4, -0.2) is 25.4 Å². The first-order valence-corrected chi connectivity index (χ1v) is 9.75. The van der Waals surface area contributed by atoms with Crippen molar-refractivity contribution < 1.29 is 14.3 Å². The molecule has 1 aliphatic carbocycles. The second-order valence-corrected chi connectivity index (χ2v) is 7.87. The van der Waals surface area contributed by atoms with Gasteiger partial charge in [-0.25, -0.2) is 0 Å². The van der Waals surface area contributed by atoms with E-state index >= 15 is 0 Å². The van der Waals surface area contributed by atoms with Crippen LogP contribution in [0.2, 0.25) is 0 Å². The fourth-order valence-electron chi connectivity index (χ4n) is 3.20. The summed E-state index contributed by atoms with van der Waals surface area (Å²) in [6.07, 6.45) is 3.58. The Morgan fingerprint density at radius 3 is 2.62 bits per heavy atom. The highest BCUT2D eigenvalue weighted by Gasteiger charge is 2.17. The summed E-state index contributed by atoms with van der Waals surface area (Å²) in [5.74, 6) is 1.38. The Labute approximate surface area is 159 Å². The van der Waals surface area contributed by atoms with Crippen molar-refractivity contribution >= 4 is 17.7 Å². The number of carbonyl (C=O) groups excluding carboxylic acids is 1. The van der Waals surface area contributed by atoms with E-state index in [0.29, 0.717) is 18.0 Å². The summed E-state index contributed by atoms with van der Waals surface area (Å²) in [6.45, 7) is 2.41. The summed E-state index contributed by atoms with van der Waals surface area (Å²) in [4.78, 5) is 13.6. The van der Waals surface area contributed by atoms with Crippen LogP contribution in [0, 0.1) is 0 Å². The SMILES string of the molecule is COc1ccc(CNC(=O)[C@@H](C)Sc2ccc3c(c2)CCC3)cc1OC. The van der Waals surface area contributed by atoms with Gasteiger partial charge in [0, 0.05) is 11.4 Å². The molecule has 1 aliphatic rings. The largest absolute Gasteiger partial charge is 0.493 e. The van der Waals surface area contributed by atoms with Gasteiger partial charge in [-0.05, 0) is 67.1 Å². The number of amides is 1. The maximum absolute atomic E-state index is 12.4. The van der Waals surface area contributed by atoms with Gasteiger partial charge in [-0.3, -0.25) is 4.79 Å². The summed E-state index contributed by atoms with van der Waals surface area (Å²) in [5.41, 5.74) is 3.87. The minimum absolute atomic E-state index is 0.0327. The first-order valence-electron chi connectivity index (χ1n) is 8.88. The normalized spacial score (nSPS) is 13.8. The third-order valence-electron chi connectivity index (χ3n) is 4.67. The van der Waals surface area contributed by atoms with Crippen LogP contribution in [0.1, 0.15) is 30.0 Å². The van der Waals surface area contributed by atoms with Gasteiger partial charge in [0.25, 0.3) is 0 Å². The Kier molecular flexibility index (Phi) is 6.09. The second kappa shape index (κ2) is 8.49. The number of benzene rings is 2. The average molecular weight is 372 g/mol. The molecular weight excluding hydrogens is 346 g/mol. The van der Waals surface area contributed by atoms with Gasteiger partial charge in [-0.15, -0.1) is 11.8 Å². The molecule has 4 nitrogen and oxygen atoms in total. The molecule has 5 heteroatoms. The highest BCUT2D eigenvalue weighted by atomic mass is 32.2. The molecule has 0 fully saturated rings. The van der Waals surface area contributed by atoms with E-state index < -0.39 is 0 Å². The van der Waals surface area contributed by atoms with Crippen molar-refractivity contribution in [2.75, 3.05) is 14.2 Å². The molecule has 2 aromatic rings. The van der Waals surface area contributed by atoms with E-state index in [1.54, 1.807) is 26.0 Å². The van der Waals surface area contributed by atoms with Crippen molar-refractivity contribution in [3.05, 3.63) is 53.1 Å². The van der Waals surface area contributed by atoms with Crippen molar-refractivity contribution in [2.45, 2.75) is 42.9 Å². The Morgan fingerprint density at radius 2 is 1.85 bits per heavy atom. The van der Waals surface area contributed by atoms with Crippen LogP contribution in [0.15, 0.2) is 41.3 Å². The second-order valence-electron chi connectivity index (χ2n) is 6.45. The zero-order chi connectivity index (χ0) is 18.5. The number of rotatable bonds is 7. The molecule has 138 valence electrons. The van der Waals surface area contributed by atoms with Crippen molar-refractivity contribution in [1.29, 1.82) is 0 Å². The molecule has 0 bridgehead atoms. The Hall–Kier alpha value is -2.14. The molecule has 0 aromatic heterocycles. The van der Waals surface area contributed by atoms with Crippen LogP contribution in [0.5, 0.6) is 11.5 Å². The van der Waals surface area contributed by atoms with E-state index in [9.17, 15) is 4.79 Å². The van der Waals surface area contributed by atoms with Crippen LogP contribution in [-0.2, 0) is 24.2 Å². The monoisotopic (exact) mass is 371 g/mol. The Bertz CT molecular complexity index is 791. The zero-order valence-corrected chi connectivity index (χ0v) is 16.3. The van der Waals surface area contributed by atoms with Crippen LogP contribution >= 0.6 is 11.8 Å². The lowest BCUT2D eigenvalue weighted by Gasteiger charge is -2.14. The molecule has 1 atom stereocenters. The van der Waals surface area contributed by atoms with Crippen LogP contribution in [0.4, 0.5) is 0 Å². The predicted octanol–water partition coefficient (Wildman–Crippen LogP) is 3.99. The smallest absolute Gasteiger partial charge is 0.233 e. The maximum atomic E-state index is 12.4. The van der Waals surface area contributed by atoms with E-state index in [2.05, 4.69) is 23.5 Å². The van der Waals surface area contributed by atoms with Crippen LogP contribution in [0.3, 0.4) is 0 Å². The molecule has 0 radical (unpaired) electrons. The number of ether oxygens (including phenoxy) is 2. The van der Waals surface area contributed by atoms with E-state index in [0.717, 1.165) is 12.0 Å². The van der Waals surface area contributed by atoms with E-state index in [1.807, 2.05) is 25.1 Å². The Morgan fingerprint density at radius 1 is 1.08 bits per heavy atom. The quantitative estimate of drug-likeness (QED) is 0.748. The lowest BCUT2D eigenvalue weighted by molar-refractivity contribution is -0.120. The van der Waals surface area contributed by atoms with Crippen LogP contribution in [0.25, 0.3) is 0 Å². The molecule has 0 aliphatic heterocycles. The molecule has 1 N–H and O–H groups in total. The van der Waals surface area contributed by atoms with Gasteiger partial charge in [0.1, 0.15) is 0 Å². The lowest BCUT2D eigenvalue weighted by atomic mass is 10.1. The van der Waals surface area contributed by atoms with Crippen molar-refractivity contribution in [1.82, 2.24) is 5.32 Å². The summed E-state index contributed by atoms with van der Waals surface area (Å²) in [5, 5.41) is 2.86. The number of aryl methyl sites for hydroxylation is 2. The maximum Gasteiger partial charge on any atom is 0.233 e. The van der Waals surface area contributed by atoms with E-state index in [4.69, 9.17) is 9.47 Å². The zero-order valence-electron chi connectivity index (χ0n) is 15.5. The minimum Gasteiger partial charge on any atom is -0.493 e.